The van der Waals surface area contributed by atoms with Crippen LogP contribution < -0.4 is 5.32 Å². The van der Waals surface area contributed by atoms with Gasteiger partial charge in [0.2, 0.25) is 5.91 Å². The van der Waals surface area contributed by atoms with Gasteiger partial charge in [-0.25, -0.2) is 0 Å². The van der Waals surface area contributed by atoms with Crippen molar-refractivity contribution < 1.29 is 14.3 Å². The number of carbonyl (C=O) groups is 2. The Hall–Kier alpha value is -1.53. The van der Waals surface area contributed by atoms with E-state index >= 15 is 0 Å². The summed E-state index contributed by atoms with van der Waals surface area (Å²) in [6, 6.07) is 7.24. The topological polar surface area (TPSA) is 58.6 Å². The largest absolute Gasteiger partial charge is 0.385 e. The second kappa shape index (κ2) is 6.07. The van der Waals surface area contributed by atoms with E-state index in [1.54, 1.807) is 23.8 Å². The highest BCUT2D eigenvalue weighted by molar-refractivity contribution is 7.99. The molecule has 2 amide bonds. The van der Waals surface area contributed by atoms with Crippen molar-refractivity contribution in [3.05, 3.63) is 35.4 Å². The second-order valence-electron chi connectivity index (χ2n) is 5.14. The Balaban J connectivity index is 1.68. The molecule has 2 aliphatic rings. The van der Waals surface area contributed by atoms with Gasteiger partial charge in [-0.15, -0.1) is 11.8 Å². The number of hydrogen-bond acceptors (Lipinski definition) is 4. The van der Waals surface area contributed by atoms with Crippen LogP contribution in [-0.2, 0) is 9.53 Å². The molecule has 3 rings (SSSR count). The molecule has 1 aromatic rings. The van der Waals surface area contributed by atoms with Crippen LogP contribution in [0.4, 0.5) is 0 Å². The standard InChI is InChI=1S/C15H18N2O3S/c1-20-8-4-7-16-13(18)12-9-21-15-11-6-3-2-5-10(11)14(19)17(12)15/h2-3,5-6,12,15H,4,7-9H2,1H3,(H,16,18). The molecule has 2 heterocycles. The Kier molecular flexibility index (Phi) is 4.17. The van der Waals surface area contributed by atoms with Gasteiger partial charge >= 0.3 is 0 Å². The Bertz CT molecular complexity index is 564. The second-order valence-corrected chi connectivity index (χ2v) is 6.25. The Morgan fingerprint density at radius 3 is 3.10 bits per heavy atom. The zero-order valence-electron chi connectivity index (χ0n) is 11.9. The number of carbonyl (C=O) groups excluding carboxylic acids is 2. The molecule has 2 aliphatic heterocycles. The maximum Gasteiger partial charge on any atom is 0.256 e. The van der Waals surface area contributed by atoms with E-state index in [1.807, 2.05) is 24.3 Å². The number of benzene rings is 1. The lowest BCUT2D eigenvalue weighted by Crippen LogP contribution is -2.46. The molecule has 1 fully saturated rings. The normalized spacial score (nSPS) is 23.1. The third kappa shape index (κ3) is 2.53. The van der Waals surface area contributed by atoms with Crippen LogP contribution in [0.5, 0.6) is 0 Å². The summed E-state index contributed by atoms with van der Waals surface area (Å²) >= 11 is 1.66. The molecule has 0 aromatic heterocycles. The maximum absolute atomic E-state index is 12.5. The van der Waals surface area contributed by atoms with E-state index in [1.165, 1.54) is 0 Å². The average molecular weight is 306 g/mol. The highest BCUT2D eigenvalue weighted by atomic mass is 32.2. The van der Waals surface area contributed by atoms with Crippen molar-refractivity contribution in [1.29, 1.82) is 0 Å². The van der Waals surface area contributed by atoms with Crippen LogP contribution >= 0.6 is 11.8 Å². The van der Waals surface area contributed by atoms with E-state index < -0.39 is 0 Å². The Morgan fingerprint density at radius 2 is 2.29 bits per heavy atom. The molecule has 1 saturated heterocycles. The number of ether oxygens (including phenoxy) is 1. The van der Waals surface area contributed by atoms with E-state index in [0.29, 0.717) is 18.9 Å². The number of methoxy groups -OCH3 is 1. The number of hydrogen-bond donors (Lipinski definition) is 1. The van der Waals surface area contributed by atoms with Crippen LogP contribution in [0.2, 0.25) is 0 Å². The molecule has 5 nitrogen and oxygen atoms in total. The van der Waals surface area contributed by atoms with Crippen molar-refractivity contribution in [1.82, 2.24) is 10.2 Å². The lowest BCUT2D eigenvalue weighted by molar-refractivity contribution is -0.124. The number of nitrogens with one attached hydrogen (secondary N) is 1. The molecule has 0 bridgehead atoms. The number of thioether (sulfide) groups is 1. The molecule has 112 valence electrons. The summed E-state index contributed by atoms with van der Waals surface area (Å²) in [6.45, 7) is 1.20. The molecule has 1 aromatic carbocycles. The van der Waals surface area contributed by atoms with Crippen LogP contribution in [0.3, 0.4) is 0 Å². The molecule has 0 spiro atoms. The quantitative estimate of drug-likeness (QED) is 0.836. The van der Waals surface area contributed by atoms with Gasteiger partial charge < -0.3 is 15.0 Å². The first-order valence-corrected chi connectivity index (χ1v) is 8.08. The fourth-order valence-corrected chi connectivity index (χ4v) is 4.25. The van der Waals surface area contributed by atoms with Gasteiger partial charge in [-0.2, -0.15) is 0 Å². The van der Waals surface area contributed by atoms with Crippen LogP contribution in [0.1, 0.15) is 27.7 Å². The zero-order valence-corrected chi connectivity index (χ0v) is 12.7. The van der Waals surface area contributed by atoms with Crippen LogP contribution in [0, 0.1) is 0 Å². The molecular formula is C15H18N2O3S. The van der Waals surface area contributed by atoms with Gasteiger partial charge in [-0.05, 0) is 18.1 Å². The van der Waals surface area contributed by atoms with Crippen LogP contribution in [0.25, 0.3) is 0 Å². The van der Waals surface area contributed by atoms with Crippen molar-refractivity contribution in [2.75, 3.05) is 26.0 Å². The fraction of sp³-hybridized carbons (Fsp3) is 0.467. The summed E-state index contributed by atoms with van der Waals surface area (Å²) in [5, 5.41) is 2.88. The third-order valence-electron chi connectivity index (χ3n) is 3.82. The lowest BCUT2D eigenvalue weighted by atomic mass is 10.1. The van der Waals surface area contributed by atoms with Gasteiger partial charge in [-0.1, -0.05) is 18.2 Å². The summed E-state index contributed by atoms with van der Waals surface area (Å²) in [7, 11) is 1.64. The van der Waals surface area contributed by atoms with E-state index in [4.69, 9.17) is 4.74 Å². The summed E-state index contributed by atoms with van der Waals surface area (Å²) in [5.41, 5.74) is 1.76. The molecule has 0 aliphatic carbocycles. The van der Waals surface area contributed by atoms with E-state index in [2.05, 4.69) is 5.32 Å². The summed E-state index contributed by atoms with van der Waals surface area (Å²) in [4.78, 5) is 26.5. The first-order chi connectivity index (χ1) is 10.2. The molecule has 2 unspecified atom stereocenters. The molecule has 1 N–H and O–H groups in total. The first kappa shape index (κ1) is 14.4. The fourth-order valence-electron chi connectivity index (χ4n) is 2.79. The highest BCUT2D eigenvalue weighted by Gasteiger charge is 2.48. The van der Waals surface area contributed by atoms with E-state index in [0.717, 1.165) is 17.5 Å². The highest BCUT2D eigenvalue weighted by Crippen LogP contribution is 2.47. The Labute approximate surface area is 128 Å². The van der Waals surface area contributed by atoms with Gasteiger partial charge in [0.05, 0.1) is 0 Å². The predicted octanol–water partition coefficient (Wildman–Crippen LogP) is 1.41. The van der Waals surface area contributed by atoms with Crippen LogP contribution in [0.15, 0.2) is 24.3 Å². The first-order valence-electron chi connectivity index (χ1n) is 7.04. The monoisotopic (exact) mass is 306 g/mol. The van der Waals surface area contributed by atoms with Crippen molar-refractivity contribution in [3.8, 4) is 0 Å². The lowest BCUT2D eigenvalue weighted by Gasteiger charge is -2.22. The number of amides is 2. The third-order valence-corrected chi connectivity index (χ3v) is 5.12. The molecular weight excluding hydrogens is 288 g/mol. The summed E-state index contributed by atoms with van der Waals surface area (Å²) < 4.78 is 4.96. The van der Waals surface area contributed by atoms with Gasteiger partial charge in [0, 0.05) is 31.6 Å². The molecule has 21 heavy (non-hydrogen) atoms. The van der Waals surface area contributed by atoms with Gasteiger partial charge in [0.15, 0.2) is 0 Å². The van der Waals surface area contributed by atoms with Crippen molar-refractivity contribution in [2.45, 2.75) is 17.8 Å². The number of nitrogens with zero attached hydrogens (tertiary/aromatic N) is 1. The maximum atomic E-state index is 12.5. The van der Waals surface area contributed by atoms with Crippen LogP contribution in [-0.4, -0.2) is 48.8 Å². The molecule has 6 heteroatoms. The van der Waals surface area contributed by atoms with Crippen molar-refractivity contribution in [2.24, 2.45) is 0 Å². The van der Waals surface area contributed by atoms with E-state index in [9.17, 15) is 9.59 Å². The Morgan fingerprint density at radius 1 is 1.48 bits per heavy atom. The average Bonchev–Trinajstić information content (AvgIpc) is 3.05. The minimum atomic E-state index is -0.373. The zero-order chi connectivity index (χ0) is 14.8. The minimum absolute atomic E-state index is 0.0107. The van der Waals surface area contributed by atoms with Gasteiger partial charge in [0.25, 0.3) is 5.91 Å². The molecule has 2 atom stereocenters. The minimum Gasteiger partial charge on any atom is -0.385 e. The summed E-state index contributed by atoms with van der Waals surface area (Å²) in [5.74, 6) is 0.556. The number of fused-ring (bicyclic) bond motifs is 3. The van der Waals surface area contributed by atoms with Gasteiger partial charge in [-0.3, -0.25) is 9.59 Å². The van der Waals surface area contributed by atoms with Crippen molar-refractivity contribution >= 4 is 23.6 Å². The van der Waals surface area contributed by atoms with Crippen molar-refractivity contribution in [3.63, 3.8) is 0 Å². The number of rotatable bonds is 5. The SMILES string of the molecule is COCCCNC(=O)C1CSC2c3ccccc3C(=O)N12. The smallest absolute Gasteiger partial charge is 0.256 e. The predicted molar refractivity (Wildman–Crippen MR) is 81.1 cm³/mol. The van der Waals surface area contributed by atoms with E-state index in [-0.39, 0.29) is 23.2 Å². The van der Waals surface area contributed by atoms with Gasteiger partial charge in [0.1, 0.15) is 11.4 Å². The summed E-state index contributed by atoms with van der Waals surface area (Å²) in [6.07, 6.45) is 0.777. The molecule has 0 saturated carbocycles. The molecule has 0 radical (unpaired) electrons.